The van der Waals surface area contributed by atoms with E-state index in [4.69, 9.17) is 4.74 Å². The molecule has 0 saturated carbocycles. The van der Waals surface area contributed by atoms with Gasteiger partial charge < -0.3 is 4.74 Å². The standard InChI is InChI=1S/C5H10NO/c1-5(2)6-3-4-7-5/h3-4H2,1-2H3. The largest absolute Gasteiger partial charge is 0.358 e. The molecule has 0 atom stereocenters. The Kier molecular flexibility index (Phi) is 1.05. The first-order chi connectivity index (χ1) is 3.21. The molecule has 0 unspecified atom stereocenters. The average molecular weight is 100 g/mol. The smallest absolute Gasteiger partial charge is 0.128 e. The molecule has 0 spiro atoms. The molecule has 0 aromatic heterocycles. The van der Waals surface area contributed by atoms with E-state index in [0.717, 1.165) is 13.2 Å². The van der Waals surface area contributed by atoms with Gasteiger partial charge in [-0.15, -0.1) is 0 Å². The molecule has 1 aliphatic rings. The molecule has 0 aliphatic carbocycles. The number of rotatable bonds is 0. The highest BCUT2D eigenvalue weighted by molar-refractivity contribution is 4.69. The topological polar surface area (TPSA) is 23.3 Å². The second kappa shape index (κ2) is 1.46. The SMILES string of the molecule is CC1(C)[N]CCO1. The molecule has 0 aromatic rings. The van der Waals surface area contributed by atoms with Gasteiger partial charge in [0.25, 0.3) is 0 Å². The zero-order valence-electron chi connectivity index (χ0n) is 4.77. The van der Waals surface area contributed by atoms with Crippen molar-refractivity contribution in [1.29, 1.82) is 0 Å². The molecule has 1 rings (SSSR count). The normalized spacial score (nSPS) is 28.3. The Morgan fingerprint density at radius 3 is 2.43 bits per heavy atom. The summed E-state index contributed by atoms with van der Waals surface area (Å²) >= 11 is 0. The van der Waals surface area contributed by atoms with Crippen molar-refractivity contribution in [3.63, 3.8) is 0 Å². The van der Waals surface area contributed by atoms with Gasteiger partial charge in [-0.2, -0.15) is 0 Å². The minimum absolute atomic E-state index is 0.181. The molecule has 2 nitrogen and oxygen atoms in total. The van der Waals surface area contributed by atoms with E-state index in [1.807, 2.05) is 13.8 Å². The fourth-order valence-electron chi connectivity index (χ4n) is 0.656. The first-order valence-corrected chi connectivity index (χ1v) is 2.53. The van der Waals surface area contributed by atoms with Crippen LogP contribution < -0.4 is 5.32 Å². The summed E-state index contributed by atoms with van der Waals surface area (Å²) in [5, 5.41) is 4.15. The van der Waals surface area contributed by atoms with Crippen LogP contribution in [0.3, 0.4) is 0 Å². The predicted octanol–water partition coefficient (Wildman–Crippen LogP) is 0.357. The molecule has 1 saturated heterocycles. The van der Waals surface area contributed by atoms with Crippen LogP contribution in [0.4, 0.5) is 0 Å². The van der Waals surface area contributed by atoms with Crippen LogP contribution in [0.2, 0.25) is 0 Å². The fourth-order valence-corrected chi connectivity index (χ4v) is 0.656. The summed E-state index contributed by atoms with van der Waals surface area (Å²) in [5.74, 6) is 0. The van der Waals surface area contributed by atoms with E-state index >= 15 is 0 Å². The van der Waals surface area contributed by atoms with Gasteiger partial charge in [-0.3, -0.25) is 0 Å². The van der Waals surface area contributed by atoms with E-state index in [1.54, 1.807) is 0 Å². The number of hydrogen-bond acceptors (Lipinski definition) is 1. The van der Waals surface area contributed by atoms with Gasteiger partial charge in [0.1, 0.15) is 5.72 Å². The van der Waals surface area contributed by atoms with Crippen molar-refractivity contribution in [3.05, 3.63) is 0 Å². The monoisotopic (exact) mass is 100 g/mol. The Balaban J connectivity index is 2.40. The molecule has 1 aliphatic heterocycles. The zero-order valence-corrected chi connectivity index (χ0v) is 4.77. The summed E-state index contributed by atoms with van der Waals surface area (Å²) in [4.78, 5) is 0. The molecule has 1 fully saturated rings. The third-order valence-electron chi connectivity index (χ3n) is 1.04. The highest BCUT2D eigenvalue weighted by Gasteiger charge is 2.23. The second-order valence-corrected chi connectivity index (χ2v) is 2.18. The molecule has 2 heteroatoms. The van der Waals surface area contributed by atoms with Crippen molar-refractivity contribution in [2.24, 2.45) is 0 Å². The quantitative estimate of drug-likeness (QED) is 0.431. The molecule has 41 valence electrons. The third-order valence-corrected chi connectivity index (χ3v) is 1.04. The van der Waals surface area contributed by atoms with E-state index in [2.05, 4.69) is 5.32 Å². The van der Waals surface area contributed by atoms with Crippen LogP contribution in [0.25, 0.3) is 0 Å². The Morgan fingerprint density at radius 2 is 2.29 bits per heavy atom. The maximum Gasteiger partial charge on any atom is 0.128 e. The Morgan fingerprint density at radius 1 is 1.57 bits per heavy atom. The number of nitrogens with zero attached hydrogens (tertiary/aromatic N) is 1. The van der Waals surface area contributed by atoms with Crippen molar-refractivity contribution in [2.45, 2.75) is 19.6 Å². The molecular weight excluding hydrogens is 90.1 g/mol. The summed E-state index contributed by atoms with van der Waals surface area (Å²) in [6, 6.07) is 0. The molecule has 0 amide bonds. The van der Waals surface area contributed by atoms with Crippen LogP contribution in [0.15, 0.2) is 0 Å². The molecule has 0 N–H and O–H groups in total. The van der Waals surface area contributed by atoms with Gasteiger partial charge in [0.05, 0.1) is 6.61 Å². The highest BCUT2D eigenvalue weighted by Crippen LogP contribution is 2.10. The van der Waals surface area contributed by atoms with Crippen LogP contribution in [0.1, 0.15) is 13.8 Å². The van der Waals surface area contributed by atoms with Crippen molar-refractivity contribution in [1.82, 2.24) is 5.32 Å². The van der Waals surface area contributed by atoms with E-state index in [0.29, 0.717) is 0 Å². The highest BCUT2D eigenvalue weighted by atomic mass is 16.5. The summed E-state index contributed by atoms with van der Waals surface area (Å²) in [6.45, 7) is 5.61. The second-order valence-electron chi connectivity index (χ2n) is 2.18. The molecule has 1 heterocycles. The van der Waals surface area contributed by atoms with Crippen molar-refractivity contribution < 1.29 is 4.74 Å². The molecule has 0 bridgehead atoms. The molecule has 0 aromatic carbocycles. The molecular formula is C5H10NO. The maximum absolute atomic E-state index is 5.17. The predicted molar refractivity (Wildman–Crippen MR) is 27.0 cm³/mol. The Hall–Kier alpha value is -0.0800. The van der Waals surface area contributed by atoms with Gasteiger partial charge in [-0.1, -0.05) is 0 Å². The van der Waals surface area contributed by atoms with Gasteiger partial charge in [0, 0.05) is 6.54 Å². The Labute approximate surface area is 43.9 Å². The van der Waals surface area contributed by atoms with Gasteiger partial charge in [0.2, 0.25) is 0 Å². The fraction of sp³-hybridized carbons (Fsp3) is 1.00. The minimum Gasteiger partial charge on any atom is -0.358 e. The lowest BCUT2D eigenvalue weighted by molar-refractivity contribution is 0.0213. The van der Waals surface area contributed by atoms with Crippen molar-refractivity contribution >= 4 is 0 Å². The number of hydrogen-bond donors (Lipinski definition) is 0. The average Bonchev–Trinajstić information content (AvgIpc) is 1.84. The zero-order chi connectivity index (χ0) is 5.33. The van der Waals surface area contributed by atoms with E-state index in [9.17, 15) is 0 Å². The van der Waals surface area contributed by atoms with Crippen molar-refractivity contribution in [2.75, 3.05) is 13.2 Å². The minimum atomic E-state index is -0.181. The van der Waals surface area contributed by atoms with Crippen LogP contribution in [0.5, 0.6) is 0 Å². The van der Waals surface area contributed by atoms with E-state index in [1.165, 1.54) is 0 Å². The van der Waals surface area contributed by atoms with Gasteiger partial charge >= 0.3 is 0 Å². The van der Waals surface area contributed by atoms with Gasteiger partial charge in [0.15, 0.2) is 0 Å². The van der Waals surface area contributed by atoms with E-state index in [-0.39, 0.29) is 5.72 Å². The molecule has 1 radical (unpaired) electrons. The summed E-state index contributed by atoms with van der Waals surface area (Å²) < 4.78 is 5.17. The lowest BCUT2D eigenvalue weighted by atomic mass is 10.3. The van der Waals surface area contributed by atoms with Crippen LogP contribution in [-0.2, 0) is 4.74 Å². The Bertz CT molecular complexity index is 62.5. The van der Waals surface area contributed by atoms with Crippen LogP contribution in [-0.4, -0.2) is 18.9 Å². The summed E-state index contributed by atoms with van der Waals surface area (Å²) in [7, 11) is 0. The third kappa shape index (κ3) is 1.14. The van der Waals surface area contributed by atoms with Gasteiger partial charge in [-0.25, -0.2) is 5.32 Å². The maximum atomic E-state index is 5.17. The lowest BCUT2D eigenvalue weighted by Gasteiger charge is -2.13. The van der Waals surface area contributed by atoms with Crippen LogP contribution in [0, 0.1) is 0 Å². The van der Waals surface area contributed by atoms with Crippen LogP contribution >= 0.6 is 0 Å². The first kappa shape index (κ1) is 5.06. The lowest BCUT2D eigenvalue weighted by Crippen LogP contribution is -2.26. The first-order valence-electron chi connectivity index (χ1n) is 2.53. The van der Waals surface area contributed by atoms with Crippen molar-refractivity contribution in [3.8, 4) is 0 Å². The number of ether oxygens (including phenoxy) is 1. The van der Waals surface area contributed by atoms with Gasteiger partial charge in [-0.05, 0) is 13.8 Å². The van der Waals surface area contributed by atoms with E-state index < -0.39 is 0 Å². The summed E-state index contributed by atoms with van der Waals surface area (Å²) in [6.07, 6.45) is 0. The summed E-state index contributed by atoms with van der Waals surface area (Å²) in [5.41, 5.74) is -0.181. The molecule has 7 heavy (non-hydrogen) atoms.